The molecule has 1 heterocycles. The van der Waals surface area contributed by atoms with E-state index < -0.39 is 10.0 Å². The molecule has 5 nitrogen and oxygen atoms in total. The number of hydrogen-bond donors (Lipinski definition) is 1. The first-order chi connectivity index (χ1) is 8.40. The average Bonchev–Trinajstić information content (AvgIpc) is 2.38. The summed E-state index contributed by atoms with van der Waals surface area (Å²) in [4.78, 5) is 2.22. The van der Waals surface area contributed by atoms with Crippen LogP contribution < -0.4 is 0 Å². The Bertz CT molecular complexity index is 337. The molecule has 0 aromatic carbocycles. The van der Waals surface area contributed by atoms with E-state index in [2.05, 4.69) is 4.90 Å². The Kier molecular flexibility index (Phi) is 6.04. The molecule has 0 aromatic rings. The number of hydrogen-bond acceptors (Lipinski definition) is 4. The van der Waals surface area contributed by atoms with Crippen LogP contribution in [0, 0.1) is 0 Å². The van der Waals surface area contributed by atoms with Crippen molar-refractivity contribution in [2.45, 2.75) is 45.3 Å². The Balaban J connectivity index is 2.44. The molecule has 1 rings (SSSR count). The van der Waals surface area contributed by atoms with Crippen LogP contribution in [-0.4, -0.2) is 67.3 Å². The summed E-state index contributed by atoms with van der Waals surface area (Å²) in [5, 5.41) is 9.60. The molecule has 18 heavy (non-hydrogen) atoms. The van der Waals surface area contributed by atoms with Gasteiger partial charge in [0.2, 0.25) is 10.0 Å². The molecule has 1 saturated heterocycles. The summed E-state index contributed by atoms with van der Waals surface area (Å²) >= 11 is 0. The third-order valence-electron chi connectivity index (χ3n) is 3.82. The lowest BCUT2D eigenvalue weighted by molar-refractivity contribution is 0.0849. The molecule has 108 valence electrons. The van der Waals surface area contributed by atoms with Crippen molar-refractivity contribution in [1.29, 1.82) is 0 Å². The molecule has 1 N–H and O–H groups in total. The van der Waals surface area contributed by atoms with Gasteiger partial charge in [0.05, 0.1) is 11.9 Å². The van der Waals surface area contributed by atoms with Gasteiger partial charge in [0.1, 0.15) is 0 Å². The van der Waals surface area contributed by atoms with E-state index in [0.29, 0.717) is 6.54 Å². The van der Waals surface area contributed by atoms with E-state index >= 15 is 0 Å². The van der Waals surface area contributed by atoms with E-state index in [1.807, 2.05) is 6.92 Å². The van der Waals surface area contributed by atoms with Gasteiger partial charge in [-0.2, -0.15) is 0 Å². The molecular weight excluding hydrogens is 252 g/mol. The van der Waals surface area contributed by atoms with Gasteiger partial charge in [-0.05, 0) is 39.3 Å². The Labute approximate surface area is 111 Å². The van der Waals surface area contributed by atoms with Gasteiger partial charge in [0.15, 0.2) is 0 Å². The minimum Gasteiger partial charge on any atom is -0.392 e. The van der Waals surface area contributed by atoms with Gasteiger partial charge in [-0.15, -0.1) is 0 Å². The van der Waals surface area contributed by atoms with Crippen LogP contribution in [0.25, 0.3) is 0 Å². The van der Waals surface area contributed by atoms with Crippen molar-refractivity contribution in [3.8, 4) is 0 Å². The van der Waals surface area contributed by atoms with E-state index in [9.17, 15) is 13.5 Å². The number of aliphatic hydroxyl groups is 1. The van der Waals surface area contributed by atoms with Crippen molar-refractivity contribution in [1.82, 2.24) is 9.21 Å². The van der Waals surface area contributed by atoms with Gasteiger partial charge in [0.25, 0.3) is 0 Å². The molecule has 0 aliphatic carbocycles. The van der Waals surface area contributed by atoms with Crippen molar-refractivity contribution in [2.75, 3.05) is 32.4 Å². The first kappa shape index (κ1) is 15.9. The van der Waals surface area contributed by atoms with Gasteiger partial charge in [-0.1, -0.05) is 6.92 Å². The van der Waals surface area contributed by atoms with Gasteiger partial charge < -0.3 is 10.0 Å². The normalized spacial score (nSPS) is 21.4. The fraction of sp³-hybridized carbons (Fsp3) is 1.00. The van der Waals surface area contributed by atoms with Crippen LogP contribution in [0.3, 0.4) is 0 Å². The molecule has 1 aliphatic heterocycles. The van der Waals surface area contributed by atoms with Crippen molar-refractivity contribution in [2.24, 2.45) is 0 Å². The number of nitrogens with zero attached hydrogens (tertiary/aromatic N) is 2. The number of sulfonamides is 1. The summed E-state index contributed by atoms with van der Waals surface area (Å²) in [6, 6.07) is 0.116. The third kappa shape index (κ3) is 4.19. The first-order valence-corrected chi connectivity index (χ1v) is 8.37. The van der Waals surface area contributed by atoms with Crippen LogP contribution in [0.5, 0.6) is 0 Å². The Morgan fingerprint density at radius 3 is 2.33 bits per heavy atom. The highest BCUT2D eigenvalue weighted by Gasteiger charge is 2.28. The minimum absolute atomic E-state index is 0.116. The van der Waals surface area contributed by atoms with Gasteiger partial charge in [-0.25, -0.2) is 12.7 Å². The number of aliphatic hydroxyl groups excluding tert-OH is 1. The standard InChI is InChI=1S/C12H26N2O3S/c1-4-12(15)10-14-8-6-11(7-9-14)13(3)18(16,17)5-2/h11-12,15H,4-10H2,1-3H3/t12-/m1/s1. The summed E-state index contributed by atoms with van der Waals surface area (Å²) in [6.45, 7) is 6.08. The van der Waals surface area contributed by atoms with E-state index in [-0.39, 0.29) is 17.9 Å². The van der Waals surface area contributed by atoms with Crippen molar-refractivity contribution in [3.05, 3.63) is 0 Å². The SMILES string of the molecule is CC[C@@H](O)CN1CCC(N(C)S(=O)(=O)CC)CC1. The maximum Gasteiger partial charge on any atom is 0.213 e. The topological polar surface area (TPSA) is 60.9 Å². The monoisotopic (exact) mass is 278 g/mol. The predicted molar refractivity (Wildman–Crippen MR) is 73.0 cm³/mol. The number of likely N-dealkylation sites (tertiary alicyclic amines) is 1. The van der Waals surface area contributed by atoms with Crippen LogP contribution in [-0.2, 0) is 10.0 Å². The lowest BCUT2D eigenvalue weighted by Gasteiger charge is -2.36. The molecule has 0 spiro atoms. The summed E-state index contributed by atoms with van der Waals surface area (Å²) in [6.07, 6.45) is 2.21. The molecule has 0 radical (unpaired) electrons. The maximum absolute atomic E-state index is 11.8. The van der Waals surface area contributed by atoms with Crippen LogP contribution in [0.4, 0.5) is 0 Å². The molecule has 6 heteroatoms. The van der Waals surface area contributed by atoms with Crippen LogP contribution in [0.15, 0.2) is 0 Å². The molecule has 0 amide bonds. The molecule has 1 atom stereocenters. The van der Waals surface area contributed by atoms with Crippen molar-refractivity contribution in [3.63, 3.8) is 0 Å². The minimum atomic E-state index is -3.08. The van der Waals surface area contributed by atoms with Gasteiger partial charge in [0, 0.05) is 19.6 Å². The summed E-state index contributed by atoms with van der Waals surface area (Å²) in [5.74, 6) is 0.165. The van der Waals surface area contributed by atoms with E-state index in [4.69, 9.17) is 0 Å². The zero-order valence-electron chi connectivity index (χ0n) is 11.7. The molecule has 1 aliphatic rings. The van der Waals surface area contributed by atoms with Gasteiger partial charge >= 0.3 is 0 Å². The van der Waals surface area contributed by atoms with Crippen LogP contribution in [0.2, 0.25) is 0 Å². The number of piperidine rings is 1. The third-order valence-corrected chi connectivity index (χ3v) is 5.72. The van der Waals surface area contributed by atoms with Crippen molar-refractivity contribution >= 4 is 10.0 Å². The maximum atomic E-state index is 11.8. The lowest BCUT2D eigenvalue weighted by Crippen LogP contribution is -2.47. The molecule has 0 aromatic heterocycles. The molecule has 1 fully saturated rings. The lowest BCUT2D eigenvalue weighted by atomic mass is 10.0. The molecule has 0 unspecified atom stereocenters. The summed E-state index contributed by atoms with van der Waals surface area (Å²) in [5.41, 5.74) is 0. The first-order valence-electron chi connectivity index (χ1n) is 6.76. The highest BCUT2D eigenvalue weighted by atomic mass is 32.2. The zero-order chi connectivity index (χ0) is 13.8. The molecule has 0 saturated carbocycles. The van der Waals surface area contributed by atoms with Crippen molar-refractivity contribution < 1.29 is 13.5 Å². The number of rotatable bonds is 6. The second kappa shape index (κ2) is 6.84. The smallest absolute Gasteiger partial charge is 0.213 e. The largest absolute Gasteiger partial charge is 0.392 e. The highest BCUT2D eigenvalue weighted by molar-refractivity contribution is 7.89. The Morgan fingerprint density at radius 1 is 1.33 bits per heavy atom. The molecule has 0 bridgehead atoms. The van der Waals surface area contributed by atoms with E-state index in [0.717, 1.165) is 32.4 Å². The number of β-amino-alcohol motifs (C(OH)–C–C–N with tert-alkyl or cyclic N) is 1. The van der Waals surface area contributed by atoms with Crippen LogP contribution >= 0.6 is 0 Å². The fourth-order valence-electron chi connectivity index (χ4n) is 2.32. The second-order valence-electron chi connectivity index (χ2n) is 5.01. The van der Waals surface area contributed by atoms with Crippen LogP contribution in [0.1, 0.15) is 33.1 Å². The molecular formula is C12H26N2O3S. The van der Waals surface area contributed by atoms with E-state index in [1.54, 1.807) is 14.0 Å². The summed E-state index contributed by atoms with van der Waals surface area (Å²) in [7, 11) is -1.40. The fourth-order valence-corrected chi connectivity index (χ4v) is 3.40. The van der Waals surface area contributed by atoms with Gasteiger partial charge in [-0.3, -0.25) is 0 Å². The average molecular weight is 278 g/mol. The quantitative estimate of drug-likeness (QED) is 0.769. The van der Waals surface area contributed by atoms with E-state index in [1.165, 1.54) is 4.31 Å². The Hall–Kier alpha value is -0.170. The predicted octanol–water partition coefficient (Wildman–Crippen LogP) is 0.503. The zero-order valence-corrected chi connectivity index (χ0v) is 12.5. The second-order valence-corrected chi connectivity index (χ2v) is 7.33. The Morgan fingerprint density at radius 2 is 1.89 bits per heavy atom. The highest BCUT2D eigenvalue weighted by Crippen LogP contribution is 2.18. The summed E-state index contributed by atoms with van der Waals surface area (Å²) < 4.78 is 25.1.